The molecule has 4 heteroatoms. The molecule has 0 spiro atoms. The summed E-state index contributed by atoms with van der Waals surface area (Å²) >= 11 is 0. The Balaban J connectivity index is 2.56. The van der Waals surface area contributed by atoms with Crippen molar-refractivity contribution in [2.45, 2.75) is 39.2 Å². The molecule has 0 aromatic carbocycles. The summed E-state index contributed by atoms with van der Waals surface area (Å²) in [6.07, 6.45) is 2.13. The Hall–Kier alpha value is -1.06. The SMILES string of the molecule is CCC[C@@H](C)N1C[C@H](C(=O)O)CC1=O. The number of aliphatic carboxylic acids is 1. The molecule has 1 saturated heterocycles. The number of nitrogens with zero attached hydrogens (tertiary/aromatic N) is 1. The van der Waals surface area contributed by atoms with Crippen LogP contribution in [0.2, 0.25) is 0 Å². The van der Waals surface area contributed by atoms with Crippen LogP contribution in [0.15, 0.2) is 0 Å². The van der Waals surface area contributed by atoms with Crippen molar-refractivity contribution in [1.82, 2.24) is 4.90 Å². The highest BCUT2D eigenvalue weighted by Crippen LogP contribution is 2.21. The van der Waals surface area contributed by atoms with Gasteiger partial charge in [-0.05, 0) is 13.3 Å². The van der Waals surface area contributed by atoms with E-state index < -0.39 is 11.9 Å². The van der Waals surface area contributed by atoms with Gasteiger partial charge in [-0.1, -0.05) is 13.3 Å². The normalized spacial score (nSPS) is 24.0. The van der Waals surface area contributed by atoms with Crippen LogP contribution in [-0.4, -0.2) is 34.5 Å². The second kappa shape index (κ2) is 4.44. The van der Waals surface area contributed by atoms with E-state index in [1.54, 1.807) is 4.90 Å². The maximum absolute atomic E-state index is 11.5. The van der Waals surface area contributed by atoms with Crippen LogP contribution in [0, 0.1) is 5.92 Å². The number of hydrogen-bond acceptors (Lipinski definition) is 2. The molecule has 14 heavy (non-hydrogen) atoms. The summed E-state index contributed by atoms with van der Waals surface area (Å²) in [6, 6.07) is 0.178. The minimum absolute atomic E-state index is 0.0154. The summed E-state index contributed by atoms with van der Waals surface area (Å²) < 4.78 is 0. The summed E-state index contributed by atoms with van der Waals surface area (Å²) in [5, 5.41) is 8.78. The molecule has 0 aromatic heterocycles. The van der Waals surface area contributed by atoms with Gasteiger partial charge in [0.15, 0.2) is 0 Å². The number of hydrogen-bond donors (Lipinski definition) is 1. The topological polar surface area (TPSA) is 57.6 Å². The van der Waals surface area contributed by atoms with Gasteiger partial charge in [-0.25, -0.2) is 0 Å². The maximum Gasteiger partial charge on any atom is 0.308 e. The fraction of sp³-hybridized carbons (Fsp3) is 0.800. The third-order valence-corrected chi connectivity index (χ3v) is 2.75. The summed E-state index contributed by atoms with van der Waals surface area (Å²) in [7, 11) is 0. The number of carbonyl (C=O) groups excluding carboxylic acids is 1. The number of amides is 1. The molecule has 4 nitrogen and oxygen atoms in total. The van der Waals surface area contributed by atoms with Crippen LogP contribution in [0.5, 0.6) is 0 Å². The molecular formula is C10H17NO3. The minimum Gasteiger partial charge on any atom is -0.481 e. The van der Waals surface area contributed by atoms with Crippen molar-refractivity contribution in [1.29, 1.82) is 0 Å². The van der Waals surface area contributed by atoms with Crippen LogP contribution < -0.4 is 0 Å². The van der Waals surface area contributed by atoms with Crippen LogP contribution in [0.25, 0.3) is 0 Å². The van der Waals surface area contributed by atoms with E-state index in [1.807, 2.05) is 6.92 Å². The van der Waals surface area contributed by atoms with Gasteiger partial charge in [0, 0.05) is 19.0 Å². The molecule has 0 aromatic rings. The Morgan fingerprint density at radius 1 is 1.71 bits per heavy atom. The molecule has 1 amide bonds. The van der Waals surface area contributed by atoms with Crippen LogP contribution in [0.1, 0.15) is 33.1 Å². The molecule has 0 unspecified atom stereocenters. The van der Waals surface area contributed by atoms with Gasteiger partial charge in [0.25, 0.3) is 0 Å². The van der Waals surface area contributed by atoms with Gasteiger partial charge in [0.1, 0.15) is 0 Å². The van der Waals surface area contributed by atoms with Crippen LogP contribution in [0.3, 0.4) is 0 Å². The van der Waals surface area contributed by atoms with Crippen molar-refractivity contribution in [3.05, 3.63) is 0 Å². The Kier molecular flexibility index (Phi) is 3.49. The highest BCUT2D eigenvalue weighted by molar-refractivity contribution is 5.86. The second-order valence-corrected chi connectivity index (χ2v) is 3.92. The van der Waals surface area contributed by atoms with E-state index in [4.69, 9.17) is 5.11 Å². The second-order valence-electron chi connectivity index (χ2n) is 3.92. The first-order valence-electron chi connectivity index (χ1n) is 5.08. The third-order valence-electron chi connectivity index (χ3n) is 2.75. The Bertz CT molecular complexity index is 240. The lowest BCUT2D eigenvalue weighted by Crippen LogP contribution is -2.34. The lowest BCUT2D eigenvalue weighted by atomic mass is 10.1. The standard InChI is InChI=1S/C10H17NO3/c1-3-4-7(2)11-6-8(10(13)14)5-9(11)12/h7-8H,3-6H2,1-2H3,(H,13,14)/t7-,8-/m1/s1. The largest absolute Gasteiger partial charge is 0.481 e. The molecule has 1 aliphatic heterocycles. The Morgan fingerprint density at radius 3 is 2.79 bits per heavy atom. The number of likely N-dealkylation sites (tertiary alicyclic amines) is 1. The van der Waals surface area contributed by atoms with E-state index in [-0.39, 0.29) is 18.4 Å². The van der Waals surface area contributed by atoms with Crippen LogP contribution in [-0.2, 0) is 9.59 Å². The van der Waals surface area contributed by atoms with E-state index >= 15 is 0 Å². The first kappa shape index (κ1) is 11.0. The molecule has 1 fully saturated rings. The van der Waals surface area contributed by atoms with Gasteiger partial charge in [-0.3, -0.25) is 9.59 Å². The predicted molar refractivity (Wildman–Crippen MR) is 51.8 cm³/mol. The van der Waals surface area contributed by atoms with Crippen molar-refractivity contribution in [3.8, 4) is 0 Å². The van der Waals surface area contributed by atoms with Crippen molar-refractivity contribution in [2.24, 2.45) is 5.92 Å². The van der Waals surface area contributed by atoms with E-state index in [0.717, 1.165) is 12.8 Å². The van der Waals surface area contributed by atoms with E-state index in [0.29, 0.717) is 6.54 Å². The molecule has 0 radical (unpaired) electrons. The average Bonchev–Trinajstić information content (AvgIpc) is 2.48. The number of carboxylic acids is 1. The summed E-state index contributed by atoms with van der Waals surface area (Å²) in [4.78, 5) is 23.9. The maximum atomic E-state index is 11.5. The summed E-state index contributed by atoms with van der Waals surface area (Å²) in [5.74, 6) is -1.37. The van der Waals surface area contributed by atoms with Gasteiger partial charge in [0.2, 0.25) is 5.91 Å². The minimum atomic E-state index is -0.857. The first-order valence-corrected chi connectivity index (χ1v) is 5.08. The molecule has 1 heterocycles. The van der Waals surface area contributed by atoms with Gasteiger partial charge in [0.05, 0.1) is 5.92 Å². The highest BCUT2D eigenvalue weighted by Gasteiger charge is 2.36. The zero-order valence-electron chi connectivity index (χ0n) is 8.69. The van der Waals surface area contributed by atoms with Crippen molar-refractivity contribution >= 4 is 11.9 Å². The molecule has 1 aliphatic rings. The van der Waals surface area contributed by atoms with E-state index in [1.165, 1.54) is 0 Å². The molecule has 0 aliphatic carbocycles. The fourth-order valence-corrected chi connectivity index (χ4v) is 1.90. The van der Waals surface area contributed by atoms with Gasteiger partial charge in [-0.15, -0.1) is 0 Å². The predicted octanol–water partition coefficient (Wildman–Crippen LogP) is 1.11. The van der Waals surface area contributed by atoms with Crippen molar-refractivity contribution in [2.75, 3.05) is 6.54 Å². The molecule has 1 rings (SSSR count). The summed E-state index contributed by atoms with van der Waals surface area (Å²) in [5.41, 5.74) is 0. The van der Waals surface area contributed by atoms with Crippen molar-refractivity contribution in [3.63, 3.8) is 0 Å². The molecule has 80 valence electrons. The zero-order chi connectivity index (χ0) is 10.7. The lowest BCUT2D eigenvalue weighted by Gasteiger charge is -2.23. The van der Waals surface area contributed by atoms with E-state index in [9.17, 15) is 9.59 Å². The number of carbonyl (C=O) groups is 2. The Labute approximate surface area is 83.9 Å². The Morgan fingerprint density at radius 2 is 2.36 bits per heavy atom. The lowest BCUT2D eigenvalue weighted by molar-refractivity contribution is -0.141. The number of rotatable bonds is 4. The fourth-order valence-electron chi connectivity index (χ4n) is 1.90. The zero-order valence-corrected chi connectivity index (χ0v) is 8.69. The summed E-state index contributed by atoms with van der Waals surface area (Å²) in [6.45, 7) is 4.42. The van der Waals surface area contributed by atoms with Gasteiger partial charge < -0.3 is 10.0 Å². The van der Waals surface area contributed by atoms with Gasteiger partial charge in [-0.2, -0.15) is 0 Å². The van der Waals surface area contributed by atoms with E-state index in [2.05, 4.69) is 6.92 Å². The molecule has 0 saturated carbocycles. The molecule has 2 atom stereocenters. The van der Waals surface area contributed by atoms with Crippen LogP contribution in [0.4, 0.5) is 0 Å². The number of carboxylic acid groups (broad SMARTS) is 1. The molecule has 1 N–H and O–H groups in total. The average molecular weight is 199 g/mol. The smallest absolute Gasteiger partial charge is 0.308 e. The quantitative estimate of drug-likeness (QED) is 0.737. The highest BCUT2D eigenvalue weighted by atomic mass is 16.4. The molecular weight excluding hydrogens is 182 g/mol. The molecule has 0 bridgehead atoms. The van der Waals surface area contributed by atoms with Gasteiger partial charge >= 0.3 is 5.97 Å². The third kappa shape index (κ3) is 2.25. The first-order chi connectivity index (χ1) is 6.56. The van der Waals surface area contributed by atoms with Crippen LogP contribution >= 0.6 is 0 Å². The monoisotopic (exact) mass is 199 g/mol. The van der Waals surface area contributed by atoms with Crippen molar-refractivity contribution < 1.29 is 14.7 Å².